The predicted octanol–water partition coefficient (Wildman–Crippen LogP) is 6.51. The van der Waals surface area contributed by atoms with Crippen molar-refractivity contribution in [2.24, 2.45) is 0 Å². The van der Waals surface area contributed by atoms with E-state index >= 15 is 0 Å². The molecule has 3 nitrogen and oxygen atoms in total. The monoisotopic (exact) mass is 485 g/mol. The molecule has 0 saturated carbocycles. The predicted molar refractivity (Wildman–Crippen MR) is 88.4 cm³/mol. The lowest BCUT2D eigenvalue weighted by Crippen LogP contribution is -2.19. The maximum atomic E-state index is 13.1. The zero-order valence-electron chi connectivity index (χ0n) is 14.4. The van der Waals surface area contributed by atoms with Crippen LogP contribution in [-0.2, 0) is 28.6 Å². The van der Waals surface area contributed by atoms with Crippen LogP contribution in [0.2, 0.25) is 5.02 Å². The van der Waals surface area contributed by atoms with Gasteiger partial charge in [0.15, 0.2) is 0 Å². The van der Waals surface area contributed by atoms with Crippen molar-refractivity contribution < 1.29 is 47.9 Å². The second-order valence-electron chi connectivity index (χ2n) is 5.94. The number of sulfonamides is 1. The van der Waals surface area contributed by atoms with E-state index in [1.54, 1.807) is 0 Å². The van der Waals surface area contributed by atoms with Crippen LogP contribution in [0.4, 0.5) is 45.2 Å². The van der Waals surface area contributed by atoms with Gasteiger partial charge in [-0.25, -0.2) is 8.42 Å². The van der Waals surface area contributed by atoms with Crippen LogP contribution in [0.3, 0.4) is 0 Å². The summed E-state index contributed by atoms with van der Waals surface area (Å²) in [6, 6.07) is 1.05. The second kappa shape index (κ2) is 7.52. The molecule has 0 fully saturated rings. The topological polar surface area (TPSA) is 46.2 Å². The van der Waals surface area contributed by atoms with Gasteiger partial charge in [0, 0.05) is 0 Å². The minimum absolute atomic E-state index is 0.101. The molecular formula is C16H9ClF9NO2S. The minimum Gasteiger partial charge on any atom is -0.279 e. The Kier molecular flexibility index (Phi) is 6.05. The second-order valence-corrected chi connectivity index (χ2v) is 8.00. The molecule has 0 aliphatic rings. The Bertz CT molecular complexity index is 1070. The van der Waals surface area contributed by atoms with Crippen LogP contribution < -0.4 is 4.72 Å². The Morgan fingerprint density at radius 2 is 1.33 bits per heavy atom. The summed E-state index contributed by atoms with van der Waals surface area (Å²) in [5.74, 6) is 0. The van der Waals surface area contributed by atoms with Crippen molar-refractivity contribution in [3.63, 3.8) is 0 Å². The highest BCUT2D eigenvalue weighted by Crippen LogP contribution is 2.41. The van der Waals surface area contributed by atoms with Gasteiger partial charge in [-0.1, -0.05) is 11.6 Å². The molecule has 0 spiro atoms. The molecule has 0 radical (unpaired) electrons. The third-order valence-electron chi connectivity index (χ3n) is 3.83. The Labute approximate surface area is 168 Å². The van der Waals surface area contributed by atoms with Gasteiger partial charge in [0.2, 0.25) is 0 Å². The van der Waals surface area contributed by atoms with Crippen molar-refractivity contribution in [1.29, 1.82) is 0 Å². The molecule has 1 N–H and O–H groups in total. The summed E-state index contributed by atoms with van der Waals surface area (Å²) < 4.78 is 143. The summed E-state index contributed by atoms with van der Waals surface area (Å²) in [6.07, 6.45) is -15.5. The van der Waals surface area contributed by atoms with E-state index in [-0.39, 0.29) is 18.2 Å². The Hall–Kier alpha value is -2.15. The fraction of sp³-hybridized carbons (Fsp3) is 0.250. The van der Waals surface area contributed by atoms with Crippen LogP contribution in [-0.4, -0.2) is 8.42 Å². The molecule has 166 valence electrons. The largest absolute Gasteiger partial charge is 0.416 e. The first-order valence-electron chi connectivity index (χ1n) is 7.52. The van der Waals surface area contributed by atoms with E-state index in [1.807, 2.05) is 0 Å². The van der Waals surface area contributed by atoms with E-state index < -0.39 is 66.4 Å². The zero-order valence-corrected chi connectivity index (χ0v) is 16.0. The molecule has 30 heavy (non-hydrogen) atoms. The van der Waals surface area contributed by atoms with Gasteiger partial charge in [-0.3, -0.25) is 4.72 Å². The fourth-order valence-corrected chi connectivity index (χ4v) is 4.00. The summed E-state index contributed by atoms with van der Waals surface area (Å²) in [5, 5.41) is -0.726. The Morgan fingerprint density at radius 3 is 1.80 bits per heavy atom. The zero-order chi connectivity index (χ0) is 23.3. The highest BCUT2D eigenvalue weighted by Gasteiger charge is 2.39. The van der Waals surface area contributed by atoms with E-state index in [0.29, 0.717) is 19.1 Å². The molecule has 0 aliphatic carbocycles. The van der Waals surface area contributed by atoms with E-state index in [4.69, 9.17) is 11.6 Å². The first kappa shape index (κ1) is 24.1. The van der Waals surface area contributed by atoms with Gasteiger partial charge >= 0.3 is 18.5 Å². The molecule has 2 rings (SSSR count). The molecule has 0 saturated heterocycles. The highest BCUT2D eigenvalue weighted by atomic mass is 35.5. The number of hydrogen-bond donors (Lipinski definition) is 1. The van der Waals surface area contributed by atoms with Crippen molar-refractivity contribution in [2.75, 3.05) is 4.72 Å². The summed E-state index contributed by atoms with van der Waals surface area (Å²) in [6.45, 7) is 0.703. The van der Waals surface area contributed by atoms with E-state index in [1.165, 1.54) is 4.72 Å². The van der Waals surface area contributed by atoms with Crippen LogP contribution in [0.5, 0.6) is 0 Å². The molecule has 0 aliphatic heterocycles. The number of hydrogen-bond acceptors (Lipinski definition) is 2. The van der Waals surface area contributed by atoms with Gasteiger partial charge < -0.3 is 0 Å². The van der Waals surface area contributed by atoms with E-state index in [9.17, 15) is 47.9 Å². The van der Waals surface area contributed by atoms with Gasteiger partial charge in [0.25, 0.3) is 10.0 Å². The SMILES string of the molecule is Cc1c(NS(=O)(=O)c2cc(C(F)(F)F)ccc2Cl)cc(C(F)(F)F)cc1C(F)(F)F. The summed E-state index contributed by atoms with van der Waals surface area (Å²) in [4.78, 5) is -1.18. The number of anilines is 1. The van der Waals surface area contributed by atoms with Crippen molar-refractivity contribution in [2.45, 2.75) is 30.3 Å². The number of rotatable bonds is 3. The smallest absolute Gasteiger partial charge is 0.279 e. The molecule has 0 atom stereocenters. The van der Waals surface area contributed by atoms with E-state index in [0.717, 1.165) is 0 Å². The third kappa shape index (κ3) is 5.12. The average Bonchev–Trinajstić information content (AvgIpc) is 2.53. The van der Waals surface area contributed by atoms with Crippen LogP contribution >= 0.6 is 11.6 Å². The van der Waals surface area contributed by atoms with Gasteiger partial charge in [-0.2, -0.15) is 39.5 Å². The third-order valence-corrected chi connectivity index (χ3v) is 5.68. The van der Waals surface area contributed by atoms with Crippen LogP contribution in [0, 0.1) is 6.92 Å². The molecule has 0 unspecified atom stereocenters. The van der Waals surface area contributed by atoms with Gasteiger partial charge in [-0.05, 0) is 42.8 Å². The Balaban J connectivity index is 2.67. The number of benzene rings is 2. The summed E-state index contributed by atoms with van der Waals surface area (Å²) in [5.41, 5.74) is -7.06. The maximum absolute atomic E-state index is 13.1. The lowest BCUT2D eigenvalue weighted by atomic mass is 10.0. The quantitative estimate of drug-likeness (QED) is 0.504. The lowest BCUT2D eigenvalue weighted by Gasteiger charge is -2.19. The molecule has 14 heteroatoms. The van der Waals surface area contributed by atoms with Crippen molar-refractivity contribution in [3.8, 4) is 0 Å². The maximum Gasteiger partial charge on any atom is 0.416 e. The molecule has 0 aromatic heterocycles. The Morgan fingerprint density at radius 1 is 0.800 bits per heavy atom. The molecule has 0 heterocycles. The lowest BCUT2D eigenvalue weighted by molar-refractivity contribution is -0.143. The first-order valence-corrected chi connectivity index (χ1v) is 9.39. The summed E-state index contributed by atoms with van der Waals surface area (Å²) in [7, 11) is -5.09. The standard InChI is InChI=1S/C16H9ClF9NO2S/c1-7-10(16(24,25)26)4-9(15(21,22)23)5-12(7)27-30(28,29)13-6-8(14(18,19)20)2-3-11(13)17/h2-6,27H,1H3. The number of halogens is 10. The summed E-state index contributed by atoms with van der Waals surface area (Å²) >= 11 is 5.60. The average molecular weight is 486 g/mol. The molecule has 2 aromatic carbocycles. The molecule has 0 amide bonds. The van der Waals surface area contributed by atoms with Crippen LogP contribution in [0.15, 0.2) is 35.2 Å². The van der Waals surface area contributed by atoms with Gasteiger partial charge in [0.05, 0.1) is 27.4 Å². The normalized spacial score (nSPS) is 13.4. The number of alkyl halides is 9. The highest BCUT2D eigenvalue weighted by molar-refractivity contribution is 7.92. The van der Waals surface area contributed by atoms with Crippen LogP contribution in [0.25, 0.3) is 0 Å². The molecule has 0 bridgehead atoms. The van der Waals surface area contributed by atoms with Crippen LogP contribution in [0.1, 0.15) is 22.3 Å². The molecular weight excluding hydrogens is 477 g/mol. The van der Waals surface area contributed by atoms with Crippen molar-refractivity contribution in [3.05, 3.63) is 57.6 Å². The fourth-order valence-electron chi connectivity index (χ4n) is 2.36. The van der Waals surface area contributed by atoms with Crippen molar-refractivity contribution >= 4 is 27.3 Å². The molecule has 2 aromatic rings. The van der Waals surface area contributed by atoms with Crippen molar-refractivity contribution in [1.82, 2.24) is 0 Å². The van der Waals surface area contributed by atoms with Gasteiger partial charge in [0.1, 0.15) is 4.90 Å². The van der Waals surface area contributed by atoms with Gasteiger partial charge in [-0.15, -0.1) is 0 Å². The minimum atomic E-state index is -5.26. The first-order chi connectivity index (χ1) is 13.3. The van der Waals surface area contributed by atoms with E-state index in [2.05, 4.69) is 0 Å². The number of nitrogens with one attached hydrogen (secondary N) is 1.